The van der Waals surface area contributed by atoms with Crippen LogP contribution in [-0.4, -0.2) is 58.4 Å². The zero-order valence-corrected chi connectivity index (χ0v) is 14.1. The van der Waals surface area contributed by atoms with Gasteiger partial charge in [-0.1, -0.05) is 13.0 Å². The van der Waals surface area contributed by atoms with E-state index < -0.39 is 0 Å². The fraction of sp³-hybridized carbons (Fsp3) is 0.333. The number of hydrogen-bond acceptors (Lipinski definition) is 6. The summed E-state index contributed by atoms with van der Waals surface area (Å²) in [7, 11) is 0. The lowest BCUT2D eigenvalue weighted by Crippen LogP contribution is -2.48. The van der Waals surface area contributed by atoms with Gasteiger partial charge in [0.2, 0.25) is 5.95 Å². The minimum Gasteiger partial charge on any atom is -0.335 e. The third kappa shape index (κ3) is 4.11. The molecule has 2 heterocycles. The van der Waals surface area contributed by atoms with Crippen molar-refractivity contribution in [3.05, 3.63) is 47.8 Å². The smallest absolute Gasteiger partial charge is 0.272 e. The van der Waals surface area contributed by atoms with Gasteiger partial charge in [0.15, 0.2) is 0 Å². The van der Waals surface area contributed by atoms with Crippen LogP contribution in [0.2, 0.25) is 0 Å². The lowest BCUT2D eigenvalue weighted by molar-refractivity contribution is 0.0637. The molecule has 1 saturated heterocycles. The van der Waals surface area contributed by atoms with E-state index in [1.165, 1.54) is 0 Å². The highest BCUT2D eigenvalue weighted by Crippen LogP contribution is 2.15. The zero-order valence-electron chi connectivity index (χ0n) is 14.1. The summed E-state index contributed by atoms with van der Waals surface area (Å²) in [6, 6.07) is 10.8. The Bertz CT molecular complexity index is 792. The van der Waals surface area contributed by atoms with Crippen LogP contribution in [0.15, 0.2) is 36.5 Å². The largest absolute Gasteiger partial charge is 0.335 e. The quantitative estimate of drug-likeness (QED) is 0.917. The van der Waals surface area contributed by atoms with Crippen LogP contribution in [0.1, 0.15) is 23.0 Å². The Labute approximate surface area is 146 Å². The first-order chi connectivity index (χ1) is 12.2. The maximum atomic E-state index is 12.6. The summed E-state index contributed by atoms with van der Waals surface area (Å²) in [6.07, 6.45) is 1.57. The van der Waals surface area contributed by atoms with Crippen molar-refractivity contribution in [3.8, 4) is 6.07 Å². The second kappa shape index (κ2) is 7.73. The molecular formula is C18H20N6O. The molecule has 0 saturated carbocycles. The van der Waals surface area contributed by atoms with Gasteiger partial charge in [-0.2, -0.15) is 5.26 Å². The molecule has 0 spiro atoms. The average molecular weight is 336 g/mol. The molecule has 1 aliphatic heterocycles. The van der Waals surface area contributed by atoms with Crippen molar-refractivity contribution in [2.45, 2.75) is 6.92 Å². The number of carbonyl (C=O) groups excluding carboxylic acids is 1. The highest BCUT2D eigenvalue weighted by molar-refractivity contribution is 5.92. The molecule has 1 amide bonds. The number of likely N-dealkylation sites (N-methyl/N-ethyl adjacent to an activating group) is 1. The SMILES string of the molecule is CCN1CCN(C(=O)c2ccnc(Nc3cccc(C#N)c3)n2)CC1. The number of carbonyl (C=O) groups is 1. The molecule has 1 N–H and O–H groups in total. The van der Waals surface area contributed by atoms with Crippen LogP contribution in [0.3, 0.4) is 0 Å². The van der Waals surface area contributed by atoms with Crippen molar-refractivity contribution in [3.63, 3.8) is 0 Å². The summed E-state index contributed by atoms with van der Waals surface area (Å²) in [5.74, 6) is 0.264. The topological polar surface area (TPSA) is 85.1 Å². The Hall–Kier alpha value is -2.98. The normalized spacial score (nSPS) is 14.8. The van der Waals surface area contributed by atoms with Gasteiger partial charge < -0.3 is 15.1 Å². The highest BCUT2D eigenvalue weighted by atomic mass is 16.2. The van der Waals surface area contributed by atoms with E-state index in [1.54, 1.807) is 30.5 Å². The van der Waals surface area contributed by atoms with Crippen molar-refractivity contribution < 1.29 is 4.79 Å². The lowest BCUT2D eigenvalue weighted by atomic mass is 10.2. The van der Waals surface area contributed by atoms with Gasteiger partial charge in [0, 0.05) is 38.1 Å². The van der Waals surface area contributed by atoms with E-state index in [0.717, 1.165) is 19.6 Å². The van der Waals surface area contributed by atoms with Gasteiger partial charge in [-0.3, -0.25) is 4.79 Å². The number of nitrogens with one attached hydrogen (secondary N) is 1. The summed E-state index contributed by atoms with van der Waals surface area (Å²) < 4.78 is 0. The van der Waals surface area contributed by atoms with Gasteiger partial charge in [0.1, 0.15) is 5.69 Å². The molecule has 1 aliphatic rings. The minimum atomic E-state index is -0.0769. The van der Waals surface area contributed by atoms with E-state index in [0.29, 0.717) is 36.0 Å². The van der Waals surface area contributed by atoms with Crippen LogP contribution in [0.5, 0.6) is 0 Å². The number of rotatable bonds is 4. The molecule has 2 aromatic rings. The fourth-order valence-electron chi connectivity index (χ4n) is 2.76. The molecule has 0 aliphatic carbocycles. The van der Waals surface area contributed by atoms with Gasteiger partial charge in [-0.15, -0.1) is 0 Å². The average Bonchev–Trinajstić information content (AvgIpc) is 2.68. The second-order valence-electron chi connectivity index (χ2n) is 5.81. The molecule has 128 valence electrons. The standard InChI is InChI=1S/C18H20N6O/c1-2-23-8-10-24(11-9-23)17(25)16-6-7-20-18(22-16)21-15-5-3-4-14(12-15)13-19/h3-7,12H,2,8-11H2,1H3,(H,20,21,22). The van der Waals surface area contributed by atoms with Crippen molar-refractivity contribution >= 4 is 17.5 Å². The van der Waals surface area contributed by atoms with E-state index in [-0.39, 0.29) is 5.91 Å². The van der Waals surface area contributed by atoms with E-state index in [4.69, 9.17) is 5.26 Å². The third-order valence-electron chi connectivity index (χ3n) is 4.23. The van der Waals surface area contributed by atoms with Crippen molar-refractivity contribution in [2.24, 2.45) is 0 Å². The van der Waals surface area contributed by atoms with Crippen LogP contribution in [0.4, 0.5) is 11.6 Å². The van der Waals surface area contributed by atoms with E-state index in [9.17, 15) is 4.79 Å². The molecule has 7 heteroatoms. The molecule has 7 nitrogen and oxygen atoms in total. The summed E-state index contributed by atoms with van der Waals surface area (Å²) >= 11 is 0. The second-order valence-corrected chi connectivity index (χ2v) is 5.81. The Kier molecular flexibility index (Phi) is 5.21. The molecule has 25 heavy (non-hydrogen) atoms. The van der Waals surface area contributed by atoms with Crippen molar-refractivity contribution in [1.29, 1.82) is 5.26 Å². The maximum Gasteiger partial charge on any atom is 0.272 e. The number of amides is 1. The molecule has 3 rings (SSSR count). The number of nitrogens with zero attached hydrogens (tertiary/aromatic N) is 5. The summed E-state index contributed by atoms with van der Waals surface area (Å²) in [5, 5.41) is 12.0. The number of anilines is 2. The van der Waals surface area contributed by atoms with E-state index in [1.807, 2.05) is 11.0 Å². The van der Waals surface area contributed by atoms with Gasteiger partial charge in [0.05, 0.1) is 11.6 Å². The van der Waals surface area contributed by atoms with Gasteiger partial charge >= 0.3 is 0 Å². The number of benzene rings is 1. The summed E-state index contributed by atoms with van der Waals surface area (Å²) in [6.45, 7) is 6.33. The summed E-state index contributed by atoms with van der Waals surface area (Å²) in [4.78, 5) is 25.3. The molecule has 1 aromatic carbocycles. The Morgan fingerprint density at radius 1 is 1.28 bits per heavy atom. The van der Waals surface area contributed by atoms with Crippen LogP contribution >= 0.6 is 0 Å². The first-order valence-electron chi connectivity index (χ1n) is 8.31. The van der Waals surface area contributed by atoms with E-state index in [2.05, 4.69) is 33.2 Å². The van der Waals surface area contributed by atoms with Crippen molar-refractivity contribution in [1.82, 2.24) is 19.8 Å². The van der Waals surface area contributed by atoms with E-state index >= 15 is 0 Å². The predicted octanol–water partition coefficient (Wildman–Crippen LogP) is 1.87. The highest BCUT2D eigenvalue weighted by Gasteiger charge is 2.22. The first-order valence-corrected chi connectivity index (χ1v) is 8.31. The van der Waals surface area contributed by atoms with Crippen molar-refractivity contribution in [2.75, 3.05) is 38.0 Å². The van der Waals surface area contributed by atoms with Gasteiger partial charge in [-0.25, -0.2) is 9.97 Å². The zero-order chi connectivity index (χ0) is 17.6. The molecule has 1 aromatic heterocycles. The Morgan fingerprint density at radius 3 is 2.80 bits per heavy atom. The maximum absolute atomic E-state index is 12.6. The molecular weight excluding hydrogens is 316 g/mol. The Balaban J connectivity index is 1.71. The third-order valence-corrected chi connectivity index (χ3v) is 4.23. The van der Waals surface area contributed by atoms with Crippen LogP contribution in [0.25, 0.3) is 0 Å². The van der Waals surface area contributed by atoms with Crippen LogP contribution in [0, 0.1) is 11.3 Å². The molecule has 0 unspecified atom stereocenters. The number of aromatic nitrogens is 2. The van der Waals surface area contributed by atoms with Crippen LogP contribution in [-0.2, 0) is 0 Å². The number of nitriles is 1. The predicted molar refractivity (Wildman–Crippen MR) is 94.5 cm³/mol. The lowest BCUT2D eigenvalue weighted by Gasteiger charge is -2.33. The number of hydrogen-bond donors (Lipinski definition) is 1. The number of piperazine rings is 1. The molecule has 0 radical (unpaired) electrons. The van der Waals surface area contributed by atoms with Crippen LogP contribution < -0.4 is 5.32 Å². The molecule has 0 atom stereocenters. The Morgan fingerprint density at radius 2 is 2.08 bits per heavy atom. The fourth-order valence-corrected chi connectivity index (χ4v) is 2.76. The van der Waals surface area contributed by atoms with Gasteiger partial charge in [0.25, 0.3) is 5.91 Å². The minimum absolute atomic E-state index is 0.0769. The molecule has 0 bridgehead atoms. The summed E-state index contributed by atoms with van der Waals surface area (Å²) in [5.41, 5.74) is 1.63. The monoisotopic (exact) mass is 336 g/mol. The van der Waals surface area contributed by atoms with Gasteiger partial charge in [-0.05, 0) is 30.8 Å². The first kappa shape index (κ1) is 16.9. The molecule has 1 fully saturated rings.